The number of aliphatic imine (C=N–C) groups is 1. The largest absolute Gasteiger partial charge is 0.461 e. The molecule has 0 saturated carbocycles. The second-order valence-electron chi connectivity index (χ2n) is 6.75. The first-order chi connectivity index (χ1) is 14.3. The Bertz CT molecular complexity index is 965. The number of allylic oxidation sites excluding steroid dienone is 2. The van der Waals surface area contributed by atoms with E-state index in [1.807, 2.05) is 30.3 Å². The van der Waals surface area contributed by atoms with Gasteiger partial charge in [0.1, 0.15) is 12.4 Å². The summed E-state index contributed by atoms with van der Waals surface area (Å²) in [6, 6.07) is 13.3. The van der Waals surface area contributed by atoms with E-state index in [1.54, 1.807) is 27.0 Å². The van der Waals surface area contributed by atoms with E-state index >= 15 is 0 Å². The van der Waals surface area contributed by atoms with Gasteiger partial charge in [0, 0.05) is 36.1 Å². The summed E-state index contributed by atoms with van der Waals surface area (Å²) in [4.78, 5) is 28.4. The van der Waals surface area contributed by atoms with E-state index in [0.717, 1.165) is 11.6 Å². The van der Waals surface area contributed by atoms with Crippen LogP contribution in [0.5, 0.6) is 0 Å². The molecule has 0 aliphatic heterocycles. The van der Waals surface area contributed by atoms with Gasteiger partial charge in [-0.1, -0.05) is 30.3 Å². The number of esters is 1. The fourth-order valence-corrected chi connectivity index (χ4v) is 2.89. The van der Waals surface area contributed by atoms with Crippen molar-refractivity contribution in [1.82, 2.24) is 5.32 Å². The van der Waals surface area contributed by atoms with Gasteiger partial charge in [0.2, 0.25) is 0 Å². The van der Waals surface area contributed by atoms with E-state index in [9.17, 15) is 14.0 Å². The molecule has 0 aliphatic rings. The molecule has 0 radical (unpaired) electrons. The standard InChI is InChI=1S/C23H26FN3O3/c1-15(25)22(16(2)26-3)18-11-19(13-20(24)12-18)23(29)27-10-9-21(28)30-14-17-7-5-4-6-8-17/h4-8,11-13H,9-10,14,25H2,1-3H3,(H,27,29). The number of hydrogen-bond acceptors (Lipinski definition) is 5. The van der Waals surface area contributed by atoms with E-state index in [4.69, 9.17) is 10.5 Å². The zero-order chi connectivity index (χ0) is 22.1. The Morgan fingerprint density at radius 3 is 2.40 bits per heavy atom. The maximum Gasteiger partial charge on any atom is 0.307 e. The van der Waals surface area contributed by atoms with E-state index in [-0.39, 0.29) is 25.1 Å². The molecular weight excluding hydrogens is 385 g/mol. The van der Waals surface area contributed by atoms with E-state index in [2.05, 4.69) is 10.3 Å². The predicted molar refractivity (Wildman–Crippen MR) is 115 cm³/mol. The van der Waals surface area contributed by atoms with Gasteiger partial charge in [-0.2, -0.15) is 0 Å². The van der Waals surface area contributed by atoms with Crippen molar-refractivity contribution in [3.63, 3.8) is 0 Å². The van der Waals surface area contributed by atoms with Crippen LogP contribution in [0.1, 0.15) is 41.8 Å². The molecule has 0 heterocycles. The van der Waals surface area contributed by atoms with Crippen LogP contribution in [0.2, 0.25) is 0 Å². The highest BCUT2D eigenvalue weighted by atomic mass is 19.1. The van der Waals surface area contributed by atoms with Gasteiger partial charge < -0.3 is 15.8 Å². The topological polar surface area (TPSA) is 93.8 Å². The number of carbonyl (C=O) groups is 2. The van der Waals surface area contributed by atoms with Crippen LogP contribution in [0.3, 0.4) is 0 Å². The molecule has 3 N–H and O–H groups in total. The molecule has 2 aromatic rings. The SMILES string of the molecule is CN=C(C)C(=C(C)N)c1cc(F)cc(C(=O)NCCC(=O)OCc2ccccc2)c1. The normalized spacial score (nSPS) is 12.2. The molecule has 0 spiro atoms. The van der Waals surface area contributed by atoms with Gasteiger partial charge in [-0.15, -0.1) is 0 Å². The molecule has 2 rings (SSSR count). The molecule has 7 heteroatoms. The first-order valence-corrected chi connectivity index (χ1v) is 9.50. The number of amides is 1. The third-order valence-corrected chi connectivity index (χ3v) is 4.40. The quantitative estimate of drug-likeness (QED) is 0.514. The first-order valence-electron chi connectivity index (χ1n) is 9.50. The van der Waals surface area contributed by atoms with Gasteiger partial charge in [-0.25, -0.2) is 4.39 Å². The number of rotatable bonds is 8. The van der Waals surface area contributed by atoms with Crippen molar-refractivity contribution in [2.75, 3.05) is 13.6 Å². The summed E-state index contributed by atoms with van der Waals surface area (Å²) in [6.45, 7) is 3.70. The molecule has 30 heavy (non-hydrogen) atoms. The maximum absolute atomic E-state index is 14.1. The molecule has 0 aromatic heterocycles. The number of nitrogens with zero attached hydrogens (tertiary/aromatic N) is 1. The third kappa shape index (κ3) is 6.55. The summed E-state index contributed by atoms with van der Waals surface area (Å²) in [7, 11) is 1.61. The zero-order valence-corrected chi connectivity index (χ0v) is 17.4. The average Bonchev–Trinajstić information content (AvgIpc) is 2.72. The van der Waals surface area contributed by atoms with Crippen LogP contribution in [-0.4, -0.2) is 31.2 Å². The van der Waals surface area contributed by atoms with Crippen molar-refractivity contribution in [2.45, 2.75) is 26.9 Å². The summed E-state index contributed by atoms with van der Waals surface area (Å²) in [6.07, 6.45) is 0.00933. The van der Waals surface area contributed by atoms with E-state index in [0.29, 0.717) is 22.5 Å². The van der Waals surface area contributed by atoms with Gasteiger partial charge in [-0.05, 0) is 43.2 Å². The van der Waals surface area contributed by atoms with Crippen LogP contribution in [0.25, 0.3) is 5.57 Å². The number of ether oxygens (including phenoxy) is 1. The lowest BCUT2D eigenvalue weighted by molar-refractivity contribution is -0.144. The van der Waals surface area contributed by atoms with Crippen LogP contribution < -0.4 is 11.1 Å². The van der Waals surface area contributed by atoms with Crippen LogP contribution >= 0.6 is 0 Å². The Kier molecular flexibility index (Phi) is 8.29. The summed E-state index contributed by atoms with van der Waals surface area (Å²) in [5, 5.41) is 2.61. The smallest absolute Gasteiger partial charge is 0.307 e. The molecule has 0 aliphatic carbocycles. The monoisotopic (exact) mass is 411 g/mol. The van der Waals surface area contributed by atoms with Gasteiger partial charge in [0.25, 0.3) is 5.91 Å². The lowest BCUT2D eigenvalue weighted by Crippen LogP contribution is -2.26. The van der Waals surface area contributed by atoms with Crippen molar-refractivity contribution in [2.24, 2.45) is 10.7 Å². The Morgan fingerprint density at radius 1 is 1.10 bits per heavy atom. The summed E-state index contributed by atoms with van der Waals surface area (Å²) >= 11 is 0. The van der Waals surface area contributed by atoms with Gasteiger partial charge in [-0.3, -0.25) is 14.6 Å². The summed E-state index contributed by atoms with van der Waals surface area (Å²) in [5.41, 5.74) is 9.09. The molecule has 2 aromatic carbocycles. The molecule has 0 bridgehead atoms. The van der Waals surface area contributed by atoms with Crippen molar-refractivity contribution < 1.29 is 18.7 Å². The molecule has 0 saturated heterocycles. The fourth-order valence-electron chi connectivity index (χ4n) is 2.89. The number of nitrogens with one attached hydrogen (secondary N) is 1. The Morgan fingerprint density at radius 2 is 1.77 bits per heavy atom. The second-order valence-corrected chi connectivity index (χ2v) is 6.75. The average molecular weight is 411 g/mol. The van der Waals surface area contributed by atoms with Crippen molar-refractivity contribution in [3.05, 3.63) is 76.7 Å². The fraction of sp³-hybridized carbons (Fsp3) is 0.261. The number of halogens is 1. The Labute approximate surface area is 175 Å². The predicted octanol–water partition coefficient (Wildman–Crippen LogP) is 3.47. The van der Waals surface area contributed by atoms with Crippen molar-refractivity contribution in [1.29, 1.82) is 0 Å². The highest BCUT2D eigenvalue weighted by Crippen LogP contribution is 2.21. The lowest BCUT2D eigenvalue weighted by Gasteiger charge is -2.12. The van der Waals surface area contributed by atoms with Gasteiger partial charge in [0.15, 0.2) is 0 Å². The van der Waals surface area contributed by atoms with Crippen LogP contribution in [0.15, 0.2) is 59.2 Å². The van der Waals surface area contributed by atoms with Crippen molar-refractivity contribution in [3.8, 4) is 0 Å². The Hall–Kier alpha value is -3.48. The minimum absolute atomic E-state index is 0.00933. The number of benzene rings is 2. The zero-order valence-electron chi connectivity index (χ0n) is 17.4. The molecule has 6 nitrogen and oxygen atoms in total. The first kappa shape index (κ1) is 22.8. The van der Waals surface area contributed by atoms with Crippen LogP contribution in [-0.2, 0) is 16.1 Å². The minimum atomic E-state index is -0.567. The lowest BCUT2D eigenvalue weighted by atomic mass is 9.97. The van der Waals surface area contributed by atoms with Crippen LogP contribution in [0.4, 0.5) is 4.39 Å². The molecule has 158 valence electrons. The molecule has 1 amide bonds. The number of carbonyl (C=O) groups excluding carboxylic acids is 2. The number of hydrogen-bond donors (Lipinski definition) is 2. The molecule has 0 fully saturated rings. The third-order valence-electron chi connectivity index (χ3n) is 4.40. The highest BCUT2D eigenvalue weighted by molar-refractivity contribution is 6.23. The molecular formula is C23H26FN3O3. The van der Waals surface area contributed by atoms with Crippen molar-refractivity contribution >= 4 is 23.2 Å². The molecule has 0 atom stereocenters. The number of nitrogens with two attached hydrogens (primary N) is 1. The minimum Gasteiger partial charge on any atom is -0.461 e. The molecule has 0 unspecified atom stereocenters. The Balaban J connectivity index is 1.98. The van der Waals surface area contributed by atoms with E-state index < -0.39 is 17.7 Å². The van der Waals surface area contributed by atoms with Gasteiger partial charge in [0.05, 0.1) is 6.42 Å². The summed E-state index contributed by atoms with van der Waals surface area (Å²) < 4.78 is 19.3. The highest BCUT2D eigenvalue weighted by Gasteiger charge is 2.14. The van der Waals surface area contributed by atoms with Gasteiger partial charge >= 0.3 is 5.97 Å². The van der Waals surface area contributed by atoms with Crippen LogP contribution in [0, 0.1) is 5.82 Å². The maximum atomic E-state index is 14.1. The summed E-state index contributed by atoms with van der Waals surface area (Å²) in [5.74, 6) is -1.49. The second kappa shape index (κ2) is 10.9. The van der Waals surface area contributed by atoms with E-state index in [1.165, 1.54) is 6.07 Å².